The minimum Gasteiger partial charge on any atom is -0.494 e. The average molecular weight is 204 g/mol. The Hall–Kier alpha value is -1.49. The lowest BCUT2D eigenvalue weighted by Gasteiger charge is -2.05. The van der Waals surface area contributed by atoms with Crippen LogP contribution in [0.3, 0.4) is 0 Å². The third-order valence-electron chi connectivity index (χ3n) is 1.30. The topological polar surface area (TPSA) is 61.6 Å². The average Bonchev–Trinajstić information content (AvgIpc) is 2.03. The predicted molar refractivity (Wildman–Crippen MR) is 45.6 cm³/mol. The van der Waals surface area contributed by atoms with Crippen LogP contribution in [0.5, 0.6) is 11.5 Å². The van der Waals surface area contributed by atoms with Crippen LogP contribution in [-0.2, 0) is 0 Å². The van der Waals surface area contributed by atoms with E-state index in [2.05, 4.69) is 4.84 Å². The van der Waals surface area contributed by atoms with Crippen molar-refractivity contribution in [1.82, 2.24) is 0 Å². The summed E-state index contributed by atoms with van der Waals surface area (Å²) in [5.74, 6) is 0.251. The highest BCUT2D eigenvalue weighted by Crippen LogP contribution is 2.29. The molecular weight excluding hydrogens is 198 g/mol. The number of methoxy groups -OCH3 is 1. The first-order valence-electron chi connectivity index (χ1n) is 3.29. The van der Waals surface area contributed by atoms with Gasteiger partial charge >= 0.3 is 0 Å². The van der Waals surface area contributed by atoms with Crippen molar-refractivity contribution in [3.8, 4) is 11.5 Å². The highest BCUT2D eigenvalue weighted by atomic mass is 35.5. The third kappa shape index (κ3) is 2.48. The molecule has 0 aliphatic rings. The summed E-state index contributed by atoms with van der Waals surface area (Å²) < 4.78 is 4.81. The second kappa shape index (κ2) is 3.95. The Morgan fingerprint density at radius 1 is 1.46 bits per heavy atom. The summed E-state index contributed by atoms with van der Waals surface area (Å²) in [5.41, 5.74) is 0. The standard InChI is InChI=1S/C7H6ClNO4/c1-12-6-3-2-5(8)4-7(6)13-9(10)11/h2-4H,1H3. The van der Waals surface area contributed by atoms with Gasteiger partial charge in [0.15, 0.2) is 5.75 Å². The second-order valence-electron chi connectivity index (χ2n) is 2.11. The van der Waals surface area contributed by atoms with Gasteiger partial charge in [0.2, 0.25) is 0 Å². The summed E-state index contributed by atoms with van der Waals surface area (Å²) >= 11 is 5.60. The smallest absolute Gasteiger partial charge is 0.299 e. The predicted octanol–water partition coefficient (Wildman–Crippen LogP) is 1.92. The first kappa shape index (κ1) is 9.60. The van der Waals surface area contributed by atoms with Gasteiger partial charge in [0.05, 0.1) is 7.11 Å². The van der Waals surface area contributed by atoms with Crippen molar-refractivity contribution in [3.05, 3.63) is 33.3 Å². The summed E-state index contributed by atoms with van der Waals surface area (Å²) in [7, 11) is 1.38. The third-order valence-corrected chi connectivity index (χ3v) is 1.53. The van der Waals surface area contributed by atoms with E-state index in [0.717, 1.165) is 0 Å². The molecule has 70 valence electrons. The van der Waals surface area contributed by atoms with Crippen molar-refractivity contribution in [2.75, 3.05) is 7.11 Å². The van der Waals surface area contributed by atoms with E-state index in [0.29, 0.717) is 5.02 Å². The molecule has 0 N–H and O–H groups in total. The maximum atomic E-state index is 10.0. The number of hydrogen-bond acceptors (Lipinski definition) is 4. The van der Waals surface area contributed by atoms with Gasteiger partial charge in [0.1, 0.15) is 5.75 Å². The maximum absolute atomic E-state index is 10.0. The molecule has 0 aliphatic heterocycles. The van der Waals surface area contributed by atoms with E-state index in [9.17, 15) is 10.1 Å². The SMILES string of the molecule is COc1ccc(Cl)cc1O[N+](=O)[O-]. The molecule has 0 bridgehead atoms. The zero-order chi connectivity index (χ0) is 9.84. The minimum atomic E-state index is -0.922. The van der Waals surface area contributed by atoms with Gasteiger partial charge in [-0.15, -0.1) is 10.1 Å². The summed E-state index contributed by atoms with van der Waals surface area (Å²) in [5, 5.41) is 9.46. The van der Waals surface area contributed by atoms with Crippen molar-refractivity contribution in [2.24, 2.45) is 0 Å². The van der Waals surface area contributed by atoms with Crippen LogP contribution in [0.2, 0.25) is 5.02 Å². The van der Waals surface area contributed by atoms with Crippen molar-refractivity contribution in [2.45, 2.75) is 0 Å². The zero-order valence-electron chi connectivity index (χ0n) is 6.69. The van der Waals surface area contributed by atoms with Crippen molar-refractivity contribution in [3.63, 3.8) is 0 Å². The summed E-state index contributed by atoms with van der Waals surface area (Å²) in [6, 6.07) is 4.34. The molecule has 0 radical (unpaired) electrons. The first-order chi connectivity index (χ1) is 6.13. The molecule has 0 atom stereocenters. The Balaban J connectivity index is 3.01. The number of benzene rings is 1. The number of ether oxygens (including phenoxy) is 1. The number of halogens is 1. The summed E-state index contributed by atoms with van der Waals surface area (Å²) in [6.45, 7) is 0. The van der Waals surface area contributed by atoms with Gasteiger partial charge in [0, 0.05) is 5.02 Å². The zero-order valence-corrected chi connectivity index (χ0v) is 7.45. The Kier molecular flexibility index (Phi) is 2.92. The molecule has 0 heterocycles. The van der Waals surface area contributed by atoms with Crippen LogP contribution in [0, 0.1) is 10.1 Å². The van der Waals surface area contributed by atoms with Crippen LogP contribution < -0.4 is 9.57 Å². The largest absolute Gasteiger partial charge is 0.494 e. The van der Waals surface area contributed by atoms with Gasteiger partial charge in [-0.25, -0.2) is 0 Å². The van der Waals surface area contributed by atoms with E-state index in [-0.39, 0.29) is 11.5 Å². The normalized spacial score (nSPS) is 9.38. The second-order valence-corrected chi connectivity index (χ2v) is 2.55. The fourth-order valence-corrected chi connectivity index (χ4v) is 0.964. The molecule has 1 rings (SSSR count). The molecule has 5 nitrogen and oxygen atoms in total. The van der Waals surface area contributed by atoms with Crippen LogP contribution in [0.1, 0.15) is 0 Å². The van der Waals surface area contributed by atoms with Crippen LogP contribution >= 0.6 is 11.6 Å². The molecule has 1 aromatic rings. The molecule has 0 spiro atoms. The van der Waals surface area contributed by atoms with Crippen LogP contribution in [0.15, 0.2) is 18.2 Å². The minimum absolute atomic E-state index is 0.0139. The van der Waals surface area contributed by atoms with Gasteiger partial charge in [0.25, 0.3) is 5.09 Å². The monoisotopic (exact) mass is 203 g/mol. The van der Waals surface area contributed by atoms with Gasteiger partial charge in [-0.05, 0) is 18.2 Å². The fraction of sp³-hybridized carbons (Fsp3) is 0.143. The van der Waals surface area contributed by atoms with Gasteiger partial charge < -0.3 is 4.74 Å². The Bertz CT molecular complexity index is 328. The first-order valence-corrected chi connectivity index (χ1v) is 3.67. The maximum Gasteiger partial charge on any atom is 0.299 e. The lowest BCUT2D eigenvalue weighted by Crippen LogP contribution is -2.04. The van der Waals surface area contributed by atoms with Gasteiger partial charge in [-0.2, -0.15) is 0 Å². The van der Waals surface area contributed by atoms with Crippen LogP contribution in [0.4, 0.5) is 0 Å². The number of nitrogens with zero attached hydrogens (tertiary/aromatic N) is 1. The highest BCUT2D eigenvalue weighted by molar-refractivity contribution is 6.30. The van der Waals surface area contributed by atoms with Gasteiger partial charge in [-0.3, -0.25) is 4.84 Å². The van der Waals surface area contributed by atoms with Crippen molar-refractivity contribution < 1.29 is 14.7 Å². The fourth-order valence-electron chi connectivity index (χ4n) is 0.802. The Morgan fingerprint density at radius 2 is 2.15 bits per heavy atom. The lowest BCUT2D eigenvalue weighted by molar-refractivity contribution is -0.711. The number of rotatable bonds is 3. The van der Waals surface area contributed by atoms with Crippen LogP contribution in [-0.4, -0.2) is 12.2 Å². The molecule has 0 aliphatic carbocycles. The highest BCUT2D eigenvalue weighted by Gasteiger charge is 2.07. The lowest BCUT2D eigenvalue weighted by atomic mass is 10.3. The molecule has 0 fully saturated rings. The van der Waals surface area contributed by atoms with E-state index in [1.807, 2.05) is 0 Å². The quantitative estimate of drug-likeness (QED) is 0.556. The molecule has 0 amide bonds. The van der Waals surface area contributed by atoms with Gasteiger partial charge in [-0.1, -0.05) is 11.6 Å². The molecule has 0 unspecified atom stereocenters. The molecule has 0 saturated carbocycles. The van der Waals surface area contributed by atoms with Crippen LogP contribution in [0.25, 0.3) is 0 Å². The van der Waals surface area contributed by atoms with E-state index in [1.165, 1.54) is 19.2 Å². The van der Waals surface area contributed by atoms with E-state index < -0.39 is 5.09 Å². The van der Waals surface area contributed by atoms with Crippen molar-refractivity contribution in [1.29, 1.82) is 0 Å². The number of hydrogen-bond donors (Lipinski definition) is 0. The summed E-state index contributed by atoms with van der Waals surface area (Å²) in [4.78, 5) is 14.3. The van der Waals surface area contributed by atoms with Crippen molar-refractivity contribution >= 4 is 11.6 Å². The Labute approximate surface area is 78.9 Å². The molecule has 6 heteroatoms. The van der Waals surface area contributed by atoms with E-state index in [1.54, 1.807) is 6.07 Å². The Morgan fingerprint density at radius 3 is 2.69 bits per heavy atom. The molecule has 0 saturated heterocycles. The molecule has 0 aromatic heterocycles. The molecular formula is C7H6ClNO4. The molecule has 1 aromatic carbocycles. The summed E-state index contributed by atoms with van der Waals surface area (Å²) in [6.07, 6.45) is 0. The van der Waals surface area contributed by atoms with E-state index in [4.69, 9.17) is 16.3 Å². The molecule has 13 heavy (non-hydrogen) atoms. The van der Waals surface area contributed by atoms with E-state index >= 15 is 0 Å².